The van der Waals surface area contributed by atoms with Gasteiger partial charge in [-0.1, -0.05) is 28.1 Å². The van der Waals surface area contributed by atoms with E-state index in [1.807, 2.05) is 0 Å². The summed E-state index contributed by atoms with van der Waals surface area (Å²) in [5.74, 6) is 0. The Morgan fingerprint density at radius 1 is 1.36 bits per heavy atom. The maximum Gasteiger partial charge on any atom is 0.407 e. The number of aryl methyl sites for hydroxylation is 1. The number of hydrogen-bond acceptors (Lipinski definition) is 1. The molecule has 1 aromatic rings. The minimum Gasteiger partial charge on any atom is -0.316 e. The molecule has 0 bridgehead atoms. The normalized spacial score (nSPS) is 14.1. The Bertz CT molecular complexity index is 335. The van der Waals surface area contributed by atoms with Crippen LogP contribution in [0.2, 0.25) is 0 Å². The van der Waals surface area contributed by atoms with Gasteiger partial charge in [0, 0.05) is 4.47 Å². The average Bonchev–Trinajstić information content (AvgIpc) is 2.07. The van der Waals surface area contributed by atoms with Gasteiger partial charge in [0.2, 0.25) is 0 Å². The van der Waals surface area contributed by atoms with Gasteiger partial charge in [0.1, 0.15) is 6.04 Å². The number of alkyl halides is 3. The van der Waals surface area contributed by atoms with Gasteiger partial charge in [-0.15, -0.1) is 0 Å². The fraction of sp³-hybridized carbons (Fsp3) is 0.333. The van der Waals surface area contributed by atoms with Crippen LogP contribution in [0.15, 0.2) is 22.7 Å². The summed E-state index contributed by atoms with van der Waals surface area (Å²) in [6, 6.07) is 2.47. The second-order valence-corrected chi connectivity index (χ2v) is 3.88. The third-order valence-electron chi connectivity index (χ3n) is 1.91. The molecular formula is C9H9BrF3N. The number of nitrogens with two attached hydrogens (primary N) is 1. The van der Waals surface area contributed by atoms with E-state index in [9.17, 15) is 13.2 Å². The number of rotatable bonds is 1. The van der Waals surface area contributed by atoms with Gasteiger partial charge in [-0.2, -0.15) is 13.2 Å². The van der Waals surface area contributed by atoms with Crippen LogP contribution in [0, 0.1) is 6.92 Å². The van der Waals surface area contributed by atoms with E-state index in [0.29, 0.717) is 4.47 Å². The highest BCUT2D eigenvalue weighted by molar-refractivity contribution is 9.10. The largest absolute Gasteiger partial charge is 0.407 e. The van der Waals surface area contributed by atoms with Crippen LogP contribution in [0.25, 0.3) is 0 Å². The summed E-state index contributed by atoms with van der Waals surface area (Å²) in [6.07, 6.45) is -4.39. The fourth-order valence-corrected chi connectivity index (χ4v) is 1.39. The summed E-state index contributed by atoms with van der Waals surface area (Å²) < 4.78 is 37.3. The summed E-state index contributed by atoms with van der Waals surface area (Å²) in [5.41, 5.74) is 5.99. The van der Waals surface area contributed by atoms with Crippen LogP contribution in [0.1, 0.15) is 17.2 Å². The Morgan fingerprint density at radius 3 is 2.36 bits per heavy atom. The van der Waals surface area contributed by atoms with Gasteiger partial charge in [-0.05, 0) is 24.1 Å². The number of halogens is 4. The Hall–Kier alpha value is -0.550. The van der Waals surface area contributed by atoms with Gasteiger partial charge in [-0.25, -0.2) is 0 Å². The number of benzene rings is 1. The molecule has 0 aliphatic heterocycles. The number of hydrogen-bond donors (Lipinski definition) is 1. The molecule has 5 heteroatoms. The van der Waals surface area contributed by atoms with Crippen molar-refractivity contribution in [1.29, 1.82) is 0 Å². The molecule has 0 aliphatic carbocycles. The quantitative estimate of drug-likeness (QED) is 0.830. The van der Waals surface area contributed by atoms with E-state index in [4.69, 9.17) is 5.73 Å². The van der Waals surface area contributed by atoms with Crippen LogP contribution in [0.4, 0.5) is 13.2 Å². The first-order chi connectivity index (χ1) is 6.32. The van der Waals surface area contributed by atoms with Crippen LogP contribution in [0.5, 0.6) is 0 Å². The van der Waals surface area contributed by atoms with Crippen LogP contribution in [-0.2, 0) is 0 Å². The van der Waals surface area contributed by atoms with Crippen molar-refractivity contribution in [3.05, 3.63) is 33.8 Å². The predicted octanol–water partition coefficient (Wildman–Crippen LogP) is 3.32. The standard InChI is InChI=1S/C9H9BrF3N/c1-5-2-3-6(4-7(5)10)8(14)9(11,12)13/h2-4,8H,14H2,1H3. The van der Waals surface area contributed by atoms with Gasteiger partial charge < -0.3 is 5.73 Å². The molecule has 0 amide bonds. The van der Waals surface area contributed by atoms with Gasteiger partial charge in [0.25, 0.3) is 0 Å². The molecule has 0 spiro atoms. The topological polar surface area (TPSA) is 26.0 Å². The Kier molecular flexibility index (Phi) is 3.21. The second-order valence-electron chi connectivity index (χ2n) is 3.03. The van der Waals surface area contributed by atoms with E-state index in [0.717, 1.165) is 5.56 Å². The highest BCUT2D eigenvalue weighted by atomic mass is 79.9. The van der Waals surface area contributed by atoms with E-state index in [-0.39, 0.29) is 5.56 Å². The molecule has 1 rings (SSSR count). The summed E-state index contributed by atoms with van der Waals surface area (Å²) in [6.45, 7) is 1.80. The minimum absolute atomic E-state index is 0.0648. The lowest BCUT2D eigenvalue weighted by Crippen LogP contribution is -2.28. The van der Waals surface area contributed by atoms with Gasteiger partial charge in [0.15, 0.2) is 0 Å². The molecule has 0 saturated heterocycles. The highest BCUT2D eigenvalue weighted by Crippen LogP contribution is 2.32. The van der Waals surface area contributed by atoms with Crippen molar-refractivity contribution in [3.8, 4) is 0 Å². The van der Waals surface area contributed by atoms with Crippen molar-refractivity contribution in [3.63, 3.8) is 0 Å². The molecule has 0 aromatic heterocycles. The van der Waals surface area contributed by atoms with E-state index < -0.39 is 12.2 Å². The van der Waals surface area contributed by atoms with E-state index in [2.05, 4.69) is 15.9 Å². The first kappa shape index (κ1) is 11.5. The zero-order chi connectivity index (χ0) is 10.9. The molecule has 1 unspecified atom stereocenters. The SMILES string of the molecule is Cc1ccc(C(N)C(F)(F)F)cc1Br. The van der Waals surface area contributed by atoms with Crippen molar-refractivity contribution in [2.45, 2.75) is 19.1 Å². The zero-order valence-corrected chi connectivity index (χ0v) is 8.98. The summed E-state index contributed by atoms with van der Waals surface area (Å²) in [4.78, 5) is 0. The molecule has 0 aliphatic rings. The van der Waals surface area contributed by atoms with Crippen molar-refractivity contribution in [1.82, 2.24) is 0 Å². The highest BCUT2D eigenvalue weighted by Gasteiger charge is 2.37. The molecule has 2 N–H and O–H groups in total. The summed E-state index contributed by atoms with van der Waals surface area (Å²) >= 11 is 3.16. The molecule has 1 aromatic carbocycles. The lowest BCUT2D eigenvalue weighted by molar-refractivity contribution is -0.149. The average molecular weight is 268 g/mol. The first-order valence-electron chi connectivity index (χ1n) is 3.90. The molecule has 1 nitrogen and oxygen atoms in total. The van der Waals surface area contributed by atoms with Gasteiger partial charge in [-0.3, -0.25) is 0 Å². The molecule has 0 fully saturated rings. The van der Waals surface area contributed by atoms with Crippen LogP contribution in [0.3, 0.4) is 0 Å². The van der Waals surface area contributed by atoms with Crippen molar-refractivity contribution in [2.24, 2.45) is 5.73 Å². The van der Waals surface area contributed by atoms with E-state index in [1.54, 1.807) is 13.0 Å². The maximum absolute atomic E-state index is 12.2. The lowest BCUT2D eigenvalue weighted by atomic mass is 10.1. The Morgan fingerprint density at radius 2 is 1.93 bits per heavy atom. The zero-order valence-electron chi connectivity index (χ0n) is 7.40. The van der Waals surface area contributed by atoms with Crippen LogP contribution in [-0.4, -0.2) is 6.18 Å². The van der Waals surface area contributed by atoms with Gasteiger partial charge in [0.05, 0.1) is 0 Å². The third-order valence-corrected chi connectivity index (χ3v) is 2.76. The van der Waals surface area contributed by atoms with Crippen LogP contribution >= 0.6 is 15.9 Å². The van der Waals surface area contributed by atoms with Gasteiger partial charge >= 0.3 is 6.18 Å². The first-order valence-corrected chi connectivity index (χ1v) is 4.70. The summed E-state index contributed by atoms with van der Waals surface area (Å²) in [7, 11) is 0. The molecule has 0 heterocycles. The Balaban J connectivity index is 3.03. The monoisotopic (exact) mass is 267 g/mol. The molecule has 78 valence electrons. The fourth-order valence-electron chi connectivity index (χ4n) is 0.992. The Labute approximate surface area is 88.2 Å². The second kappa shape index (κ2) is 3.90. The summed E-state index contributed by atoms with van der Waals surface area (Å²) in [5, 5.41) is 0. The van der Waals surface area contributed by atoms with E-state index >= 15 is 0 Å². The minimum atomic E-state index is -4.39. The molecular weight excluding hydrogens is 259 g/mol. The molecule has 1 atom stereocenters. The van der Waals surface area contributed by atoms with Crippen molar-refractivity contribution in [2.75, 3.05) is 0 Å². The smallest absolute Gasteiger partial charge is 0.316 e. The maximum atomic E-state index is 12.2. The third kappa shape index (κ3) is 2.48. The van der Waals surface area contributed by atoms with Crippen LogP contribution < -0.4 is 5.73 Å². The molecule has 0 radical (unpaired) electrons. The lowest BCUT2D eigenvalue weighted by Gasteiger charge is -2.16. The molecule has 0 saturated carbocycles. The predicted molar refractivity (Wildman–Crippen MR) is 51.9 cm³/mol. The van der Waals surface area contributed by atoms with Crippen molar-refractivity contribution >= 4 is 15.9 Å². The van der Waals surface area contributed by atoms with E-state index in [1.165, 1.54) is 12.1 Å². The molecule has 14 heavy (non-hydrogen) atoms. The van der Waals surface area contributed by atoms with Crippen molar-refractivity contribution < 1.29 is 13.2 Å².